The van der Waals surface area contributed by atoms with Gasteiger partial charge in [-0.3, -0.25) is 19.7 Å². The van der Waals surface area contributed by atoms with Gasteiger partial charge in [-0.15, -0.1) is 0 Å². The number of carbonyl (C=O) groups excluding carboxylic acids is 3. The van der Waals surface area contributed by atoms with Crippen LogP contribution in [0.15, 0.2) is 55.2 Å². The molecule has 1 saturated heterocycles. The maximum Gasteiger partial charge on any atom is 0.255 e. The molecule has 3 amide bonds. The lowest BCUT2D eigenvalue weighted by molar-refractivity contribution is -0.136. The highest BCUT2D eigenvalue weighted by atomic mass is 16.5. The van der Waals surface area contributed by atoms with E-state index in [0.717, 1.165) is 11.1 Å². The standard InChI is InChI=1S/C20H20N2O4/c1-3-6-13(4-2)12-26-17-8-5-7-14-15(17)11-22(20(14)25)16-9-10-18(23)21-19(16)24/h3-8,16H,1-2,9-12H2,(H,21,23,24)/b13-6+. The Balaban J connectivity index is 1.80. The van der Waals surface area contributed by atoms with Gasteiger partial charge in [-0.05, 0) is 24.1 Å². The average Bonchev–Trinajstić information content (AvgIpc) is 2.96. The number of hydrogen-bond donors (Lipinski definition) is 1. The van der Waals surface area contributed by atoms with E-state index in [4.69, 9.17) is 4.74 Å². The third-order valence-corrected chi connectivity index (χ3v) is 4.53. The summed E-state index contributed by atoms with van der Waals surface area (Å²) in [6.07, 6.45) is 5.71. The molecule has 6 nitrogen and oxygen atoms in total. The number of ether oxygens (including phenoxy) is 1. The van der Waals surface area contributed by atoms with Gasteiger partial charge < -0.3 is 9.64 Å². The molecule has 1 aromatic rings. The van der Waals surface area contributed by atoms with Gasteiger partial charge in [-0.25, -0.2) is 0 Å². The van der Waals surface area contributed by atoms with Gasteiger partial charge >= 0.3 is 0 Å². The molecule has 0 aromatic heterocycles. The minimum absolute atomic E-state index is 0.217. The smallest absolute Gasteiger partial charge is 0.255 e. The van der Waals surface area contributed by atoms with Crippen LogP contribution in [0.5, 0.6) is 5.75 Å². The summed E-state index contributed by atoms with van der Waals surface area (Å²) >= 11 is 0. The molecule has 1 aromatic carbocycles. The van der Waals surface area contributed by atoms with Crippen molar-refractivity contribution in [1.82, 2.24) is 10.2 Å². The summed E-state index contributed by atoms with van der Waals surface area (Å²) in [6, 6.07) is 4.65. The second-order valence-corrected chi connectivity index (χ2v) is 6.15. The molecule has 0 saturated carbocycles. The van der Waals surface area contributed by atoms with Crippen LogP contribution in [0.3, 0.4) is 0 Å². The summed E-state index contributed by atoms with van der Waals surface area (Å²) in [5.74, 6) is -0.342. The van der Waals surface area contributed by atoms with Crippen LogP contribution >= 0.6 is 0 Å². The van der Waals surface area contributed by atoms with E-state index in [1.165, 1.54) is 4.90 Å². The van der Waals surface area contributed by atoms with E-state index in [2.05, 4.69) is 18.5 Å². The van der Waals surface area contributed by atoms with E-state index in [1.807, 2.05) is 0 Å². The number of nitrogens with zero attached hydrogens (tertiary/aromatic N) is 1. The molecule has 3 rings (SSSR count). The number of allylic oxidation sites excluding steroid dienone is 2. The quantitative estimate of drug-likeness (QED) is 0.629. The fourth-order valence-corrected chi connectivity index (χ4v) is 3.18. The van der Waals surface area contributed by atoms with Crippen molar-refractivity contribution in [3.05, 3.63) is 66.3 Å². The van der Waals surface area contributed by atoms with Crippen molar-refractivity contribution in [3.8, 4) is 5.75 Å². The second kappa shape index (κ2) is 7.39. The summed E-state index contributed by atoms with van der Waals surface area (Å²) in [6.45, 7) is 7.97. The zero-order valence-electron chi connectivity index (χ0n) is 14.4. The van der Waals surface area contributed by atoms with Crippen LogP contribution in [0.2, 0.25) is 0 Å². The highest BCUT2D eigenvalue weighted by Crippen LogP contribution is 2.33. The van der Waals surface area contributed by atoms with Gasteiger partial charge in [0.15, 0.2) is 0 Å². The van der Waals surface area contributed by atoms with Crippen molar-refractivity contribution in [3.63, 3.8) is 0 Å². The molecule has 1 unspecified atom stereocenters. The first-order valence-corrected chi connectivity index (χ1v) is 8.38. The Labute approximate surface area is 151 Å². The van der Waals surface area contributed by atoms with Crippen molar-refractivity contribution in [2.24, 2.45) is 0 Å². The van der Waals surface area contributed by atoms with Crippen LogP contribution in [0.1, 0.15) is 28.8 Å². The van der Waals surface area contributed by atoms with Crippen LogP contribution in [0, 0.1) is 0 Å². The largest absolute Gasteiger partial charge is 0.489 e. The molecular formula is C20H20N2O4. The molecule has 6 heteroatoms. The van der Waals surface area contributed by atoms with Crippen molar-refractivity contribution in [2.75, 3.05) is 6.61 Å². The summed E-state index contributed by atoms with van der Waals surface area (Å²) < 4.78 is 5.86. The number of rotatable bonds is 6. The van der Waals surface area contributed by atoms with Crippen molar-refractivity contribution < 1.29 is 19.1 Å². The van der Waals surface area contributed by atoms with Gasteiger partial charge in [0, 0.05) is 17.5 Å². The fourth-order valence-electron chi connectivity index (χ4n) is 3.18. The summed E-state index contributed by atoms with van der Waals surface area (Å²) in [4.78, 5) is 37.7. The number of imide groups is 1. The van der Waals surface area contributed by atoms with Crippen LogP contribution in [-0.4, -0.2) is 35.3 Å². The molecule has 1 atom stereocenters. The maximum atomic E-state index is 12.7. The van der Waals surface area contributed by atoms with E-state index >= 15 is 0 Å². The van der Waals surface area contributed by atoms with Gasteiger partial charge in [0.2, 0.25) is 11.8 Å². The summed E-state index contributed by atoms with van der Waals surface area (Å²) in [5.41, 5.74) is 2.15. The SMILES string of the molecule is C=C/C=C(\C=C)COc1cccc2c1CN(C1CCC(=O)NC1=O)C2=O. The van der Waals surface area contributed by atoms with Crippen LogP contribution in [0.25, 0.3) is 0 Å². The predicted octanol–water partition coefficient (Wildman–Crippen LogP) is 2.12. The number of benzene rings is 1. The van der Waals surface area contributed by atoms with Crippen molar-refractivity contribution >= 4 is 17.7 Å². The minimum atomic E-state index is -0.634. The number of nitrogens with one attached hydrogen (secondary N) is 1. The van der Waals surface area contributed by atoms with Gasteiger partial charge in [-0.1, -0.05) is 37.5 Å². The van der Waals surface area contributed by atoms with Gasteiger partial charge in [0.1, 0.15) is 18.4 Å². The molecule has 2 aliphatic heterocycles. The zero-order chi connectivity index (χ0) is 18.7. The normalized spacial score (nSPS) is 19.8. The Hall–Kier alpha value is -3.15. The van der Waals surface area contributed by atoms with Crippen LogP contribution < -0.4 is 10.1 Å². The number of amides is 3. The lowest BCUT2D eigenvalue weighted by Gasteiger charge is -2.29. The number of piperidine rings is 1. The lowest BCUT2D eigenvalue weighted by atomic mass is 10.0. The first-order chi connectivity index (χ1) is 12.5. The second-order valence-electron chi connectivity index (χ2n) is 6.15. The van der Waals surface area contributed by atoms with E-state index < -0.39 is 11.9 Å². The third-order valence-electron chi connectivity index (χ3n) is 4.53. The monoisotopic (exact) mass is 352 g/mol. The molecule has 0 radical (unpaired) electrons. The van der Waals surface area contributed by atoms with E-state index in [-0.39, 0.29) is 24.8 Å². The van der Waals surface area contributed by atoms with E-state index in [0.29, 0.717) is 24.3 Å². The van der Waals surface area contributed by atoms with Crippen LogP contribution in [0.4, 0.5) is 0 Å². The first-order valence-electron chi connectivity index (χ1n) is 8.38. The molecule has 134 valence electrons. The molecule has 2 aliphatic rings. The van der Waals surface area contributed by atoms with Crippen molar-refractivity contribution in [1.29, 1.82) is 0 Å². The average molecular weight is 352 g/mol. The Morgan fingerprint density at radius 3 is 2.81 bits per heavy atom. The molecule has 1 N–H and O–H groups in total. The Kier molecular flexibility index (Phi) is 5.02. The highest BCUT2D eigenvalue weighted by molar-refractivity contribution is 6.05. The van der Waals surface area contributed by atoms with E-state index in [9.17, 15) is 14.4 Å². The topological polar surface area (TPSA) is 75.7 Å². The van der Waals surface area contributed by atoms with Crippen molar-refractivity contribution in [2.45, 2.75) is 25.4 Å². The first kappa shape index (κ1) is 17.7. The number of fused-ring (bicyclic) bond motifs is 1. The number of hydrogen-bond acceptors (Lipinski definition) is 4. The molecule has 2 heterocycles. The van der Waals surface area contributed by atoms with Crippen LogP contribution in [-0.2, 0) is 16.1 Å². The number of carbonyl (C=O) groups is 3. The molecule has 0 spiro atoms. The summed E-state index contributed by atoms with van der Waals surface area (Å²) in [5, 5.41) is 2.30. The molecule has 26 heavy (non-hydrogen) atoms. The molecule has 1 fully saturated rings. The third kappa shape index (κ3) is 3.31. The molecular weight excluding hydrogens is 332 g/mol. The van der Waals surface area contributed by atoms with Gasteiger partial charge in [-0.2, -0.15) is 0 Å². The van der Waals surface area contributed by atoms with E-state index in [1.54, 1.807) is 36.4 Å². The summed E-state index contributed by atoms with van der Waals surface area (Å²) in [7, 11) is 0. The maximum absolute atomic E-state index is 12.7. The highest BCUT2D eigenvalue weighted by Gasteiger charge is 2.40. The predicted molar refractivity (Wildman–Crippen MR) is 96.5 cm³/mol. The lowest BCUT2D eigenvalue weighted by Crippen LogP contribution is -2.52. The molecule has 0 bridgehead atoms. The zero-order valence-corrected chi connectivity index (χ0v) is 14.4. The Morgan fingerprint density at radius 1 is 1.31 bits per heavy atom. The minimum Gasteiger partial charge on any atom is -0.489 e. The molecule has 0 aliphatic carbocycles. The Morgan fingerprint density at radius 2 is 2.12 bits per heavy atom. The van der Waals surface area contributed by atoms with Gasteiger partial charge in [0.05, 0.1) is 6.54 Å². The van der Waals surface area contributed by atoms with Gasteiger partial charge in [0.25, 0.3) is 5.91 Å². The fraction of sp³-hybridized carbons (Fsp3) is 0.250. The Bertz CT molecular complexity index is 825.